The van der Waals surface area contributed by atoms with E-state index in [4.69, 9.17) is 11.6 Å². The summed E-state index contributed by atoms with van der Waals surface area (Å²) in [5.41, 5.74) is 0.413. The van der Waals surface area contributed by atoms with Crippen molar-refractivity contribution in [2.45, 2.75) is 31.6 Å². The summed E-state index contributed by atoms with van der Waals surface area (Å²) >= 11 is 5.67. The molecule has 0 saturated carbocycles. The van der Waals surface area contributed by atoms with Gasteiger partial charge in [0.05, 0.1) is 4.90 Å². The minimum Gasteiger partial charge on any atom is -0.207 e. The number of hydrogen-bond donors (Lipinski definition) is 0. The van der Waals surface area contributed by atoms with Crippen LogP contribution in [0.3, 0.4) is 0 Å². The fourth-order valence-corrected chi connectivity index (χ4v) is 3.81. The molecule has 0 aromatic heterocycles. The van der Waals surface area contributed by atoms with E-state index in [1.54, 1.807) is 6.92 Å². The largest absolute Gasteiger partial charge is 0.243 e. The molecule has 0 fully saturated rings. The molecular formula is C13H19ClFNO2S. The summed E-state index contributed by atoms with van der Waals surface area (Å²) in [6.07, 6.45) is 1.67. The van der Waals surface area contributed by atoms with Gasteiger partial charge < -0.3 is 0 Å². The predicted molar refractivity (Wildman–Crippen MR) is 75.5 cm³/mol. The summed E-state index contributed by atoms with van der Waals surface area (Å²) in [5, 5.41) is 0. The van der Waals surface area contributed by atoms with Gasteiger partial charge in [-0.1, -0.05) is 13.3 Å². The van der Waals surface area contributed by atoms with Crippen LogP contribution in [0.15, 0.2) is 23.1 Å². The van der Waals surface area contributed by atoms with Crippen LogP contribution in [-0.4, -0.2) is 31.7 Å². The Labute approximate surface area is 119 Å². The van der Waals surface area contributed by atoms with Crippen LogP contribution >= 0.6 is 11.6 Å². The van der Waals surface area contributed by atoms with E-state index in [2.05, 4.69) is 0 Å². The lowest BCUT2D eigenvalue weighted by Gasteiger charge is -2.22. The van der Waals surface area contributed by atoms with Crippen LogP contribution in [0, 0.1) is 12.7 Å². The highest BCUT2D eigenvalue weighted by atomic mass is 35.5. The van der Waals surface area contributed by atoms with Crippen LogP contribution < -0.4 is 0 Å². The maximum Gasteiger partial charge on any atom is 0.243 e. The molecule has 6 heteroatoms. The second-order valence-electron chi connectivity index (χ2n) is 4.36. The second kappa shape index (κ2) is 7.22. The second-order valence-corrected chi connectivity index (χ2v) is 6.64. The monoisotopic (exact) mass is 307 g/mol. The number of halogens is 2. The van der Waals surface area contributed by atoms with Crippen molar-refractivity contribution >= 4 is 21.6 Å². The first-order chi connectivity index (χ1) is 8.93. The molecule has 108 valence electrons. The Morgan fingerprint density at radius 2 is 2.00 bits per heavy atom. The minimum absolute atomic E-state index is 0.148. The van der Waals surface area contributed by atoms with Crippen molar-refractivity contribution in [1.29, 1.82) is 0 Å². The number of unbranched alkanes of at least 4 members (excludes halogenated alkanes) is 1. The van der Waals surface area contributed by atoms with E-state index in [0.29, 0.717) is 12.1 Å². The molecular weight excluding hydrogens is 289 g/mol. The summed E-state index contributed by atoms with van der Waals surface area (Å²) in [6.45, 7) is 4.28. The average Bonchev–Trinajstić information content (AvgIpc) is 2.33. The number of hydrogen-bond acceptors (Lipinski definition) is 2. The highest BCUT2D eigenvalue weighted by molar-refractivity contribution is 7.89. The average molecular weight is 308 g/mol. The molecule has 0 aliphatic heterocycles. The van der Waals surface area contributed by atoms with Crippen molar-refractivity contribution in [1.82, 2.24) is 4.31 Å². The summed E-state index contributed by atoms with van der Waals surface area (Å²) in [5.74, 6) is -0.197. The Kier molecular flexibility index (Phi) is 6.23. The van der Waals surface area contributed by atoms with Crippen molar-refractivity contribution in [3.8, 4) is 0 Å². The van der Waals surface area contributed by atoms with Crippen LogP contribution in [0.5, 0.6) is 0 Å². The number of sulfonamides is 1. The van der Waals surface area contributed by atoms with Gasteiger partial charge >= 0.3 is 0 Å². The zero-order chi connectivity index (χ0) is 14.5. The number of rotatable bonds is 7. The van der Waals surface area contributed by atoms with Crippen LogP contribution in [0.25, 0.3) is 0 Å². The fourth-order valence-electron chi connectivity index (χ4n) is 1.82. The first-order valence-electron chi connectivity index (χ1n) is 6.25. The van der Waals surface area contributed by atoms with Gasteiger partial charge in [0.2, 0.25) is 10.0 Å². The van der Waals surface area contributed by atoms with Gasteiger partial charge in [-0.05, 0) is 37.1 Å². The normalized spacial score (nSPS) is 12.1. The SMILES string of the molecule is CCCCN(CCCl)S(=O)(=O)c1ccc(F)cc1C. The molecule has 1 rings (SSSR count). The van der Waals surface area contributed by atoms with Crippen molar-refractivity contribution < 1.29 is 12.8 Å². The van der Waals surface area contributed by atoms with Crippen molar-refractivity contribution in [2.75, 3.05) is 19.0 Å². The van der Waals surface area contributed by atoms with Gasteiger partial charge in [0.25, 0.3) is 0 Å². The quantitative estimate of drug-likeness (QED) is 0.726. The lowest BCUT2D eigenvalue weighted by atomic mass is 10.2. The Morgan fingerprint density at radius 3 is 2.53 bits per heavy atom. The third kappa shape index (κ3) is 4.16. The molecule has 1 aromatic carbocycles. The predicted octanol–water partition coefficient (Wildman–Crippen LogP) is 3.16. The summed E-state index contributed by atoms with van der Waals surface area (Å²) < 4.78 is 39.4. The van der Waals surface area contributed by atoms with Gasteiger partial charge in [-0.25, -0.2) is 12.8 Å². The zero-order valence-electron chi connectivity index (χ0n) is 11.2. The summed E-state index contributed by atoms with van der Waals surface area (Å²) in [4.78, 5) is 0.148. The standard InChI is InChI=1S/C13H19ClFNO2S/c1-3-4-8-16(9-7-14)19(17,18)13-6-5-12(15)10-11(13)2/h5-6,10H,3-4,7-9H2,1-2H3. The van der Waals surface area contributed by atoms with E-state index in [1.165, 1.54) is 22.5 Å². The molecule has 0 heterocycles. The lowest BCUT2D eigenvalue weighted by Crippen LogP contribution is -2.34. The van der Waals surface area contributed by atoms with Crippen molar-refractivity contribution in [3.63, 3.8) is 0 Å². The van der Waals surface area contributed by atoms with Crippen LogP contribution in [-0.2, 0) is 10.0 Å². The minimum atomic E-state index is -3.60. The lowest BCUT2D eigenvalue weighted by molar-refractivity contribution is 0.420. The maximum atomic E-state index is 13.1. The Hall–Kier alpha value is -0.650. The number of aryl methyl sites for hydroxylation is 1. The Balaban J connectivity index is 3.11. The highest BCUT2D eigenvalue weighted by Gasteiger charge is 2.25. The molecule has 19 heavy (non-hydrogen) atoms. The molecule has 0 unspecified atom stereocenters. The van der Waals surface area contributed by atoms with Gasteiger partial charge in [0.15, 0.2) is 0 Å². The Morgan fingerprint density at radius 1 is 1.32 bits per heavy atom. The smallest absolute Gasteiger partial charge is 0.207 e. The van der Waals surface area contributed by atoms with Gasteiger partial charge in [-0.2, -0.15) is 4.31 Å². The van der Waals surface area contributed by atoms with E-state index < -0.39 is 15.8 Å². The number of nitrogens with zero attached hydrogens (tertiary/aromatic N) is 1. The van der Waals surface area contributed by atoms with E-state index >= 15 is 0 Å². The van der Waals surface area contributed by atoms with E-state index in [0.717, 1.165) is 12.8 Å². The van der Waals surface area contributed by atoms with Gasteiger partial charge in [-0.3, -0.25) is 0 Å². The fraction of sp³-hybridized carbons (Fsp3) is 0.538. The van der Waals surface area contributed by atoms with E-state index in [1.807, 2.05) is 6.92 Å². The van der Waals surface area contributed by atoms with Crippen LogP contribution in [0.1, 0.15) is 25.3 Å². The van der Waals surface area contributed by atoms with Gasteiger partial charge in [0, 0.05) is 19.0 Å². The molecule has 0 amide bonds. The van der Waals surface area contributed by atoms with Crippen LogP contribution in [0.4, 0.5) is 4.39 Å². The van der Waals surface area contributed by atoms with E-state index in [-0.39, 0.29) is 17.3 Å². The number of alkyl halides is 1. The molecule has 0 saturated heterocycles. The molecule has 0 aliphatic carbocycles. The third-order valence-electron chi connectivity index (χ3n) is 2.85. The topological polar surface area (TPSA) is 37.4 Å². The molecule has 0 radical (unpaired) electrons. The van der Waals surface area contributed by atoms with Crippen molar-refractivity contribution in [3.05, 3.63) is 29.6 Å². The maximum absolute atomic E-state index is 13.1. The first-order valence-corrected chi connectivity index (χ1v) is 8.23. The molecule has 0 spiro atoms. The first kappa shape index (κ1) is 16.4. The molecule has 0 atom stereocenters. The van der Waals surface area contributed by atoms with Gasteiger partial charge in [0.1, 0.15) is 5.82 Å². The third-order valence-corrected chi connectivity index (χ3v) is 5.08. The Bertz CT molecular complexity index is 519. The van der Waals surface area contributed by atoms with Crippen LogP contribution in [0.2, 0.25) is 0 Å². The molecule has 1 aromatic rings. The van der Waals surface area contributed by atoms with Gasteiger partial charge in [-0.15, -0.1) is 11.6 Å². The highest BCUT2D eigenvalue weighted by Crippen LogP contribution is 2.21. The summed E-state index contributed by atoms with van der Waals surface area (Å²) in [7, 11) is -3.60. The zero-order valence-corrected chi connectivity index (χ0v) is 12.8. The van der Waals surface area contributed by atoms with E-state index in [9.17, 15) is 12.8 Å². The molecule has 3 nitrogen and oxygen atoms in total. The summed E-state index contributed by atoms with van der Waals surface area (Å²) in [6, 6.07) is 3.71. The van der Waals surface area contributed by atoms with Crippen molar-refractivity contribution in [2.24, 2.45) is 0 Å². The number of benzene rings is 1. The molecule has 0 bridgehead atoms. The molecule has 0 N–H and O–H groups in total. The molecule has 0 aliphatic rings.